The zero-order chi connectivity index (χ0) is 18.3. The smallest absolute Gasteiger partial charge is 0.405 e. The van der Waals surface area contributed by atoms with E-state index in [1.165, 1.54) is 24.4 Å². The predicted octanol–water partition coefficient (Wildman–Crippen LogP) is 3.33. The minimum Gasteiger partial charge on any atom is -0.405 e. The average Bonchev–Trinajstić information content (AvgIpc) is 3.30. The number of hydrogen-bond acceptors (Lipinski definition) is 5. The van der Waals surface area contributed by atoms with Gasteiger partial charge in [0, 0.05) is 18.1 Å². The van der Waals surface area contributed by atoms with Gasteiger partial charge in [0.1, 0.15) is 15.6 Å². The molecule has 1 aromatic carbocycles. The van der Waals surface area contributed by atoms with Gasteiger partial charge in [-0.15, -0.1) is 24.5 Å². The highest BCUT2D eigenvalue weighted by atomic mass is 32.1. The Balaban J connectivity index is 1.50. The summed E-state index contributed by atoms with van der Waals surface area (Å²) >= 11 is 1.05. The molecule has 0 radical (unpaired) electrons. The third-order valence-corrected chi connectivity index (χ3v) is 5.72. The van der Waals surface area contributed by atoms with Crippen molar-refractivity contribution < 1.29 is 22.7 Å². The van der Waals surface area contributed by atoms with Gasteiger partial charge < -0.3 is 15.4 Å². The fourth-order valence-electron chi connectivity index (χ4n) is 3.58. The molecule has 4 rings (SSSR count). The second kappa shape index (κ2) is 6.55. The van der Waals surface area contributed by atoms with E-state index in [1.807, 2.05) is 0 Å². The quantitative estimate of drug-likeness (QED) is 0.850. The molecule has 2 saturated heterocycles. The third-order valence-electron chi connectivity index (χ3n) is 4.69. The van der Waals surface area contributed by atoms with Crippen molar-refractivity contribution in [1.82, 2.24) is 15.6 Å². The zero-order valence-electron chi connectivity index (χ0n) is 13.5. The number of para-hydroxylation sites is 1. The van der Waals surface area contributed by atoms with Crippen molar-refractivity contribution in [2.75, 3.05) is 0 Å². The van der Waals surface area contributed by atoms with E-state index in [9.17, 15) is 18.0 Å². The molecule has 3 atom stereocenters. The van der Waals surface area contributed by atoms with Crippen molar-refractivity contribution >= 4 is 17.2 Å². The van der Waals surface area contributed by atoms with Crippen LogP contribution in [-0.4, -0.2) is 35.4 Å². The normalized spacial score (nSPS) is 24.7. The Kier molecular flexibility index (Phi) is 4.36. The van der Waals surface area contributed by atoms with E-state index in [0.29, 0.717) is 22.0 Å². The SMILES string of the molecule is O=C(NC1CC2CCC1N2)c1cnc(-c2ccccc2OC(F)(F)F)s1. The molecule has 0 aliphatic carbocycles. The van der Waals surface area contributed by atoms with E-state index in [-0.39, 0.29) is 23.3 Å². The van der Waals surface area contributed by atoms with Crippen LogP contribution < -0.4 is 15.4 Å². The van der Waals surface area contributed by atoms with Gasteiger partial charge in [-0.05, 0) is 31.4 Å². The number of benzene rings is 1. The molecular formula is C17H16F3N3O2S. The average molecular weight is 383 g/mol. The molecule has 2 bridgehead atoms. The largest absolute Gasteiger partial charge is 0.573 e. The molecule has 26 heavy (non-hydrogen) atoms. The number of aromatic nitrogens is 1. The van der Waals surface area contributed by atoms with Crippen LogP contribution in [0.4, 0.5) is 13.2 Å². The highest BCUT2D eigenvalue weighted by Gasteiger charge is 2.40. The molecule has 0 spiro atoms. The van der Waals surface area contributed by atoms with Gasteiger partial charge in [-0.2, -0.15) is 0 Å². The first kappa shape index (κ1) is 17.3. The summed E-state index contributed by atoms with van der Waals surface area (Å²) in [7, 11) is 0. The molecule has 138 valence electrons. The summed E-state index contributed by atoms with van der Waals surface area (Å²) in [6, 6.07) is 6.62. The molecule has 9 heteroatoms. The van der Waals surface area contributed by atoms with E-state index in [1.54, 1.807) is 6.07 Å². The monoisotopic (exact) mass is 383 g/mol. The van der Waals surface area contributed by atoms with Crippen LogP contribution in [0.25, 0.3) is 10.6 Å². The Hall–Kier alpha value is -2.13. The molecular weight excluding hydrogens is 367 g/mol. The Bertz CT molecular complexity index is 824. The number of carbonyl (C=O) groups is 1. The van der Waals surface area contributed by atoms with E-state index in [4.69, 9.17) is 0 Å². The van der Waals surface area contributed by atoms with Crippen molar-refractivity contribution in [3.05, 3.63) is 35.3 Å². The van der Waals surface area contributed by atoms with Gasteiger partial charge >= 0.3 is 6.36 Å². The van der Waals surface area contributed by atoms with Gasteiger partial charge in [0.25, 0.3) is 5.91 Å². The highest BCUT2D eigenvalue weighted by molar-refractivity contribution is 7.16. The summed E-state index contributed by atoms with van der Waals surface area (Å²) in [6.45, 7) is 0. The lowest BCUT2D eigenvalue weighted by Gasteiger charge is -2.20. The molecule has 2 aliphatic heterocycles. The maximum Gasteiger partial charge on any atom is 0.573 e. The van der Waals surface area contributed by atoms with Crippen molar-refractivity contribution in [2.24, 2.45) is 0 Å². The lowest BCUT2D eigenvalue weighted by molar-refractivity contribution is -0.274. The van der Waals surface area contributed by atoms with Crippen molar-refractivity contribution in [1.29, 1.82) is 0 Å². The number of carbonyl (C=O) groups excluding carboxylic acids is 1. The molecule has 2 aliphatic rings. The van der Waals surface area contributed by atoms with Gasteiger partial charge in [-0.25, -0.2) is 4.98 Å². The molecule has 3 heterocycles. The third kappa shape index (κ3) is 3.54. The van der Waals surface area contributed by atoms with E-state index in [0.717, 1.165) is 30.6 Å². The number of fused-ring (bicyclic) bond motifs is 2. The highest BCUT2D eigenvalue weighted by Crippen LogP contribution is 2.36. The number of alkyl halides is 3. The van der Waals surface area contributed by atoms with Crippen LogP contribution in [0.2, 0.25) is 0 Å². The zero-order valence-corrected chi connectivity index (χ0v) is 14.4. The number of thiazole rings is 1. The fraction of sp³-hybridized carbons (Fsp3) is 0.412. The van der Waals surface area contributed by atoms with E-state index < -0.39 is 6.36 Å². The Morgan fingerprint density at radius 3 is 2.81 bits per heavy atom. The minimum atomic E-state index is -4.79. The van der Waals surface area contributed by atoms with Crippen LogP contribution in [0.1, 0.15) is 28.9 Å². The predicted molar refractivity (Wildman–Crippen MR) is 90.0 cm³/mol. The van der Waals surface area contributed by atoms with Crippen LogP contribution in [0.15, 0.2) is 30.5 Å². The minimum absolute atomic E-state index is 0.0904. The maximum atomic E-state index is 12.6. The first-order chi connectivity index (χ1) is 12.4. The van der Waals surface area contributed by atoms with Crippen molar-refractivity contribution in [3.63, 3.8) is 0 Å². The fourth-order valence-corrected chi connectivity index (χ4v) is 4.43. The van der Waals surface area contributed by atoms with Crippen LogP contribution in [0.5, 0.6) is 5.75 Å². The van der Waals surface area contributed by atoms with Gasteiger partial charge in [-0.3, -0.25) is 4.79 Å². The van der Waals surface area contributed by atoms with Crippen LogP contribution >= 0.6 is 11.3 Å². The van der Waals surface area contributed by atoms with E-state index >= 15 is 0 Å². The number of nitrogens with zero attached hydrogens (tertiary/aromatic N) is 1. The summed E-state index contributed by atoms with van der Waals surface area (Å²) in [4.78, 5) is 16.9. The number of hydrogen-bond donors (Lipinski definition) is 2. The molecule has 1 amide bonds. The van der Waals surface area contributed by atoms with Crippen LogP contribution in [0, 0.1) is 0 Å². The van der Waals surface area contributed by atoms with Gasteiger partial charge in [0.05, 0.1) is 11.8 Å². The van der Waals surface area contributed by atoms with Crippen LogP contribution in [0.3, 0.4) is 0 Å². The Morgan fingerprint density at radius 1 is 1.31 bits per heavy atom. The summed E-state index contributed by atoms with van der Waals surface area (Å²) < 4.78 is 41.7. The van der Waals surface area contributed by atoms with E-state index in [2.05, 4.69) is 20.4 Å². The second-order valence-corrected chi connectivity index (χ2v) is 7.47. The Labute approximate surface area is 151 Å². The molecule has 5 nitrogen and oxygen atoms in total. The van der Waals surface area contributed by atoms with Gasteiger partial charge in [0.2, 0.25) is 0 Å². The summed E-state index contributed by atoms with van der Waals surface area (Å²) in [5.74, 6) is -0.582. The van der Waals surface area contributed by atoms with Crippen LogP contribution in [-0.2, 0) is 0 Å². The number of ether oxygens (including phenoxy) is 1. The lowest BCUT2D eigenvalue weighted by Crippen LogP contribution is -2.42. The Morgan fingerprint density at radius 2 is 2.12 bits per heavy atom. The van der Waals surface area contributed by atoms with Crippen molar-refractivity contribution in [2.45, 2.75) is 43.8 Å². The van der Waals surface area contributed by atoms with Gasteiger partial charge in [0.15, 0.2) is 0 Å². The molecule has 0 saturated carbocycles. The summed E-state index contributed by atoms with van der Waals surface area (Å²) in [6.07, 6.45) is -0.309. The number of nitrogens with one attached hydrogen (secondary N) is 2. The van der Waals surface area contributed by atoms with Crippen molar-refractivity contribution in [3.8, 4) is 16.3 Å². The standard InChI is InChI=1S/C17H16F3N3O2S/c18-17(19,20)25-13-4-2-1-3-10(13)16-21-8-14(26-16)15(24)23-12-7-9-5-6-11(12)22-9/h1-4,8-9,11-12,22H,5-7H2,(H,23,24). The number of halogens is 3. The summed E-state index contributed by atoms with van der Waals surface area (Å²) in [5.41, 5.74) is 0.204. The second-order valence-electron chi connectivity index (χ2n) is 6.44. The number of amides is 1. The molecule has 1 aromatic heterocycles. The molecule has 2 aromatic rings. The first-order valence-electron chi connectivity index (χ1n) is 8.27. The molecule has 2 fully saturated rings. The first-order valence-corrected chi connectivity index (χ1v) is 9.08. The van der Waals surface area contributed by atoms with Gasteiger partial charge in [-0.1, -0.05) is 12.1 Å². The molecule has 2 N–H and O–H groups in total. The number of rotatable bonds is 4. The lowest BCUT2D eigenvalue weighted by atomic mass is 9.95. The molecule has 3 unspecified atom stereocenters. The summed E-state index contributed by atoms with van der Waals surface area (Å²) in [5, 5.41) is 6.75. The maximum absolute atomic E-state index is 12.6. The topological polar surface area (TPSA) is 63.2 Å².